The molecular formula is C13H12ClN6+. The van der Waals surface area contributed by atoms with Gasteiger partial charge in [-0.1, -0.05) is 34.9 Å². The van der Waals surface area contributed by atoms with E-state index in [0.29, 0.717) is 10.8 Å². The van der Waals surface area contributed by atoms with Gasteiger partial charge in [-0.25, -0.2) is 0 Å². The zero-order valence-corrected chi connectivity index (χ0v) is 11.5. The Hall–Kier alpha value is -2.47. The summed E-state index contributed by atoms with van der Waals surface area (Å²) in [5, 5.41) is 16.0. The quantitative estimate of drug-likeness (QED) is 0.440. The minimum atomic E-state index is 0.621. The standard InChI is InChI=1S/C13H11ClN6/c1-9(10-4-2-3-5-11(10)14)16-17-12-6-7-13-18-15-8-20(13)19-12/h2-8H,1H3,(H,17,19)/p+1/b16-9+. The van der Waals surface area contributed by atoms with Crippen LogP contribution in [0.5, 0.6) is 0 Å². The molecule has 2 heterocycles. The van der Waals surface area contributed by atoms with Gasteiger partial charge in [0.25, 0.3) is 0 Å². The Labute approximate surface area is 120 Å². The first-order chi connectivity index (χ1) is 9.74. The SMILES string of the molecule is C/C(=N\Nc1ccc2n[nH]c[n+]2n1)c1ccccc1Cl. The van der Waals surface area contributed by atoms with E-state index in [-0.39, 0.29) is 0 Å². The highest BCUT2D eigenvalue weighted by atomic mass is 35.5. The second-order valence-electron chi connectivity index (χ2n) is 4.18. The average Bonchev–Trinajstić information content (AvgIpc) is 2.92. The van der Waals surface area contributed by atoms with Crippen molar-refractivity contribution in [2.24, 2.45) is 5.10 Å². The highest BCUT2D eigenvalue weighted by Gasteiger charge is 2.06. The van der Waals surface area contributed by atoms with Crippen molar-refractivity contribution in [1.82, 2.24) is 15.3 Å². The number of rotatable bonds is 3. The fourth-order valence-electron chi connectivity index (χ4n) is 1.78. The summed E-state index contributed by atoms with van der Waals surface area (Å²) < 4.78 is 1.63. The Morgan fingerprint density at radius 2 is 2.15 bits per heavy atom. The first kappa shape index (κ1) is 12.6. The Bertz CT molecular complexity index is 779. The Balaban J connectivity index is 1.84. The predicted octanol–water partition coefficient (Wildman–Crippen LogP) is 2.03. The maximum atomic E-state index is 6.12. The molecule has 100 valence electrons. The zero-order valence-electron chi connectivity index (χ0n) is 10.7. The molecule has 0 bridgehead atoms. The number of nitrogens with one attached hydrogen (secondary N) is 2. The number of anilines is 1. The lowest BCUT2D eigenvalue weighted by Gasteiger charge is -2.04. The second-order valence-corrected chi connectivity index (χ2v) is 4.59. The lowest BCUT2D eigenvalue weighted by molar-refractivity contribution is -0.579. The Morgan fingerprint density at radius 1 is 1.30 bits per heavy atom. The molecule has 2 N–H and O–H groups in total. The van der Waals surface area contributed by atoms with Crippen LogP contribution < -0.4 is 9.94 Å². The number of fused-ring (bicyclic) bond motifs is 1. The Morgan fingerprint density at radius 3 is 3.00 bits per heavy atom. The van der Waals surface area contributed by atoms with Gasteiger partial charge in [0.15, 0.2) is 5.82 Å². The van der Waals surface area contributed by atoms with Gasteiger partial charge < -0.3 is 0 Å². The minimum absolute atomic E-state index is 0.621. The highest BCUT2D eigenvalue weighted by molar-refractivity contribution is 6.34. The zero-order chi connectivity index (χ0) is 13.9. The molecule has 0 fully saturated rings. The first-order valence-corrected chi connectivity index (χ1v) is 6.39. The Kier molecular flexibility index (Phi) is 3.30. The summed E-state index contributed by atoms with van der Waals surface area (Å²) in [4.78, 5) is 0. The molecule has 0 saturated carbocycles. The third-order valence-electron chi connectivity index (χ3n) is 2.80. The van der Waals surface area contributed by atoms with Crippen LogP contribution in [0, 0.1) is 0 Å². The molecule has 3 aromatic rings. The summed E-state index contributed by atoms with van der Waals surface area (Å²) in [6, 6.07) is 11.2. The second kappa shape index (κ2) is 5.26. The normalized spacial score (nSPS) is 11.8. The van der Waals surface area contributed by atoms with Gasteiger partial charge in [0, 0.05) is 21.8 Å². The number of H-pyrrole nitrogens is 1. The molecule has 0 unspecified atom stereocenters. The van der Waals surface area contributed by atoms with Crippen molar-refractivity contribution in [2.45, 2.75) is 6.92 Å². The number of halogens is 1. The van der Waals surface area contributed by atoms with Gasteiger partial charge in [0.05, 0.1) is 5.71 Å². The molecule has 0 atom stereocenters. The third kappa shape index (κ3) is 2.46. The molecule has 7 heteroatoms. The number of hydrogen-bond acceptors (Lipinski definition) is 4. The van der Waals surface area contributed by atoms with Crippen molar-refractivity contribution in [3.8, 4) is 0 Å². The number of aromatic nitrogens is 4. The van der Waals surface area contributed by atoms with Crippen molar-refractivity contribution in [3.63, 3.8) is 0 Å². The van der Waals surface area contributed by atoms with Gasteiger partial charge in [-0.3, -0.25) is 5.43 Å². The fourth-order valence-corrected chi connectivity index (χ4v) is 2.05. The number of nitrogens with zero attached hydrogens (tertiary/aromatic N) is 4. The van der Waals surface area contributed by atoms with E-state index in [2.05, 4.69) is 25.8 Å². The molecule has 0 saturated heterocycles. The topological polar surface area (TPSA) is 70.1 Å². The van der Waals surface area contributed by atoms with E-state index in [1.807, 2.05) is 37.3 Å². The van der Waals surface area contributed by atoms with Gasteiger partial charge >= 0.3 is 5.65 Å². The van der Waals surface area contributed by atoms with Crippen molar-refractivity contribution < 1.29 is 4.52 Å². The number of aromatic amines is 1. The first-order valence-electron chi connectivity index (χ1n) is 6.02. The lowest BCUT2D eigenvalue weighted by atomic mass is 10.1. The van der Waals surface area contributed by atoms with E-state index in [9.17, 15) is 0 Å². The van der Waals surface area contributed by atoms with Crippen LogP contribution in [0.15, 0.2) is 47.8 Å². The predicted molar refractivity (Wildman–Crippen MR) is 76.8 cm³/mol. The molecule has 3 rings (SSSR count). The van der Waals surface area contributed by atoms with Crippen LogP contribution in [0.1, 0.15) is 12.5 Å². The smallest absolute Gasteiger partial charge is 0.259 e. The van der Waals surface area contributed by atoms with Gasteiger partial charge in [-0.2, -0.15) is 5.10 Å². The molecule has 0 spiro atoms. The minimum Gasteiger partial charge on any atom is -0.259 e. The summed E-state index contributed by atoms with van der Waals surface area (Å²) in [5.41, 5.74) is 5.32. The lowest BCUT2D eigenvalue weighted by Crippen LogP contribution is -2.24. The highest BCUT2D eigenvalue weighted by Crippen LogP contribution is 2.15. The summed E-state index contributed by atoms with van der Waals surface area (Å²) >= 11 is 6.12. The van der Waals surface area contributed by atoms with Gasteiger partial charge in [0.1, 0.15) is 0 Å². The van der Waals surface area contributed by atoms with Crippen molar-refractivity contribution in [1.29, 1.82) is 0 Å². The molecule has 20 heavy (non-hydrogen) atoms. The van der Waals surface area contributed by atoms with Crippen LogP contribution >= 0.6 is 11.6 Å². The van der Waals surface area contributed by atoms with Crippen LogP contribution in [0.25, 0.3) is 5.65 Å². The molecule has 0 aliphatic rings. The van der Waals surface area contributed by atoms with Crippen molar-refractivity contribution >= 4 is 28.8 Å². The van der Waals surface area contributed by atoms with E-state index in [1.54, 1.807) is 16.9 Å². The number of benzene rings is 1. The van der Waals surface area contributed by atoms with Crippen LogP contribution in [0.3, 0.4) is 0 Å². The average molecular weight is 288 g/mol. The molecule has 0 amide bonds. The van der Waals surface area contributed by atoms with Crippen molar-refractivity contribution in [2.75, 3.05) is 5.43 Å². The van der Waals surface area contributed by atoms with E-state index in [1.165, 1.54) is 0 Å². The van der Waals surface area contributed by atoms with Crippen molar-refractivity contribution in [3.05, 3.63) is 53.3 Å². The summed E-state index contributed by atoms with van der Waals surface area (Å²) in [7, 11) is 0. The monoisotopic (exact) mass is 287 g/mol. The number of hydrazone groups is 1. The van der Waals surface area contributed by atoms with E-state index in [4.69, 9.17) is 11.6 Å². The summed E-state index contributed by atoms with van der Waals surface area (Å²) in [5.74, 6) is 0.621. The molecule has 6 nitrogen and oxygen atoms in total. The molecular weight excluding hydrogens is 276 g/mol. The fraction of sp³-hybridized carbons (Fsp3) is 0.0769. The van der Waals surface area contributed by atoms with Crippen LogP contribution in [0.4, 0.5) is 5.82 Å². The maximum absolute atomic E-state index is 6.12. The third-order valence-corrected chi connectivity index (χ3v) is 3.13. The summed E-state index contributed by atoms with van der Waals surface area (Å²) in [6.07, 6.45) is 1.66. The largest absolute Gasteiger partial charge is 0.325 e. The van der Waals surface area contributed by atoms with E-state index in [0.717, 1.165) is 16.9 Å². The van der Waals surface area contributed by atoms with Crippen LogP contribution in [-0.4, -0.2) is 21.0 Å². The van der Waals surface area contributed by atoms with E-state index >= 15 is 0 Å². The molecule has 2 aromatic heterocycles. The van der Waals surface area contributed by atoms with Gasteiger partial charge in [0.2, 0.25) is 6.33 Å². The summed E-state index contributed by atoms with van der Waals surface area (Å²) in [6.45, 7) is 1.89. The molecule has 0 aliphatic carbocycles. The van der Waals surface area contributed by atoms with Crippen LogP contribution in [0.2, 0.25) is 5.02 Å². The molecule has 0 aliphatic heterocycles. The number of hydrogen-bond donors (Lipinski definition) is 2. The van der Waals surface area contributed by atoms with E-state index < -0.39 is 0 Å². The molecule has 1 aromatic carbocycles. The van der Waals surface area contributed by atoms with Gasteiger partial charge in [-0.05, 0) is 19.1 Å². The molecule has 0 radical (unpaired) electrons. The maximum Gasteiger partial charge on any atom is 0.325 e. The van der Waals surface area contributed by atoms with Crippen LogP contribution in [-0.2, 0) is 0 Å². The van der Waals surface area contributed by atoms with Gasteiger partial charge in [-0.15, -0.1) is 9.61 Å².